The van der Waals surface area contributed by atoms with Crippen LogP contribution in [0.25, 0.3) is 11.3 Å². The molecule has 0 saturated carbocycles. The van der Waals surface area contributed by atoms with Gasteiger partial charge in [0.1, 0.15) is 22.5 Å². The van der Waals surface area contributed by atoms with Crippen LogP contribution in [-0.2, 0) is 13.0 Å². The molecule has 8 heteroatoms. The number of halogens is 2. The first-order valence-electron chi connectivity index (χ1n) is 10.3. The minimum atomic E-state index is 0. The molecule has 2 aromatic carbocycles. The molecule has 0 fully saturated rings. The van der Waals surface area contributed by atoms with Crippen molar-refractivity contribution < 1.29 is 17.0 Å². The van der Waals surface area contributed by atoms with Gasteiger partial charge in [-0.3, -0.25) is 0 Å². The van der Waals surface area contributed by atoms with E-state index in [1.807, 2.05) is 30.3 Å². The normalized spacial score (nSPS) is 17.0. The van der Waals surface area contributed by atoms with Gasteiger partial charge in [-0.15, -0.1) is 10.2 Å². The highest BCUT2D eigenvalue weighted by molar-refractivity contribution is 9.10. The number of hydrogen-bond acceptors (Lipinski definition) is 5. The Labute approximate surface area is 210 Å². The molecular weight excluding hydrogens is 550 g/mol. The second-order valence-corrected chi connectivity index (χ2v) is 9.27. The van der Waals surface area contributed by atoms with E-state index >= 15 is 0 Å². The summed E-state index contributed by atoms with van der Waals surface area (Å²) >= 11 is 5.09. The smallest absolute Gasteiger partial charge is 0.177 e. The summed E-state index contributed by atoms with van der Waals surface area (Å²) in [5.74, 6) is 1.66. The van der Waals surface area contributed by atoms with Crippen LogP contribution in [0.5, 0.6) is 0 Å². The number of fused-ring (bicyclic) bond motifs is 1. The predicted molar refractivity (Wildman–Crippen MR) is 129 cm³/mol. The third-order valence-electron chi connectivity index (χ3n) is 5.54. The van der Waals surface area contributed by atoms with Gasteiger partial charge >= 0.3 is 0 Å². The Morgan fingerprint density at radius 2 is 1.78 bits per heavy atom. The Bertz CT molecular complexity index is 1210. The summed E-state index contributed by atoms with van der Waals surface area (Å²) in [6.45, 7) is 0.860. The summed E-state index contributed by atoms with van der Waals surface area (Å²) in [6.07, 6.45) is 4.31. The Balaban J connectivity index is 0.00000245. The SMILES string of the molecule is N#C/C(=C1/SC=C(c2ccc(Br)cc2)N1c1ccccc1)c1nnc2n1CCCCC2.[Br-]. The minimum absolute atomic E-state index is 0. The lowest BCUT2D eigenvalue weighted by Crippen LogP contribution is -3.00. The lowest BCUT2D eigenvalue weighted by atomic mass is 10.1. The van der Waals surface area contributed by atoms with E-state index < -0.39 is 0 Å². The first-order chi connectivity index (χ1) is 15.3. The molecule has 3 aromatic rings. The van der Waals surface area contributed by atoms with Crippen molar-refractivity contribution in [3.05, 3.63) is 86.7 Å². The van der Waals surface area contributed by atoms with Crippen LogP contribution in [0.15, 0.2) is 69.5 Å². The summed E-state index contributed by atoms with van der Waals surface area (Å²) < 4.78 is 3.17. The first kappa shape index (κ1) is 22.8. The topological polar surface area (TPSA) is 57.7 Å². The van der Waals surface area contributed by atoms with E-state index in [1.54, 1.807) is 11.8 Å². The molecule has 162 valence electrons. The quantitative estimate of drug-likeness (QED) is 0.453. The maximum atomic E-state index is 10.2. The summed E-state index contributed by atoms with van der Waals surface area (Å²) in [5, 5.41) is 22.1. The molecule has 0 radical (unpaired) electrons. The van der Waals surface area contributed by atoms with Crippen molar-refractivity contribution in [2.45, 2.75) is 32.2 Å². The molecule has 0 N–H and O–H groups in total. The second kappa shape index (κ2) is 10.1. The van der Waals surface area contributed by atoms with Gasteiger partial charge in [0, 0.05) is 28.5 Å². The monoisotopic (exact) mass is 568 g/mol. The molecule has 32 heavy (non-hydrogen) atoms. The van der Waals surface area contributed by atoms with E-state index in [0.717, 1.165) is 58.1 Å². The summed E-state index contributed by atoms with van der Waals surface area (Å²) in [7, 11) is 0. The average Bonchev–Trinajstić information content (AvgIpc) is 3.33. The van der Waals surface area contributed by atoms with E-state index in [9.17, 15) is 5.26 Å². The Morgan fingerprint density at radius 3 is 2.53 bits per heavy atom. The Hall–Kier alpha value is -2.34. The second-order valence-electron chi connectivity index (χ2n) is 7.49. The highest BCUT2D eigenvalue weighted by atomic mass is 79.9. The molecule has 5 rings (SSSR count). The van der Waals surface area contributed by atoms with Crippen molar-refractivity contribution in [2.75, 3.05) is 4.90 Å². The van der Waals surface area contributed by atoms with E-state index in [4.69, 9.17) is 0 Å². The zero-order valence-corrected chi connectivity index (χ0v) is 21.2. The van der Waals surface area contributed by atoms with E-state index in [-0.39, 0.29) is 17.0 Å². The lowest BCUT2D eigenvalue weighted by Gasteiger charge is -2.25. The van der Waals surface area contributed by atoms with Gasteiger partial charge in [-0.05, 0) is 42.7 Å². The molecule has 5 nitrogen and oxygen atoms in total. The van der Waals surface area contributed by atoms with Crippen molar-refractivity contribution in [1.82, 2.24) is 14.8 Å². The molecule has 0 spiro atoms. The van der Waals surface area contributed by atoms with Gasteiger partial charge in [0.05, 0.1) is 5.70 Å². The summed E-state index contributed by atoms with van der Waals surface area (Å²) in [4.78, 5) is 2.16. The van der Waals surface area contributed by atoms with Gasteiger partial charge < -0.3 is 26.4 Å². The zero-order valence-electron chi connectivity index (χ0n) is 17.2. The summed E-state index contributed by atoms with van der Waals surface area (Å²) in [5.41, 5.74) is 3.71. The standard InChI is InChI=1S/C24H20BrN5S.BrH/c25-18-12-10-17(11-13-18)21-16-31-24(30(21)19-7-3-1-4-8-19)20(15-26)23-28-27-22-9-5-2-6-14-29(22)23;/h1,3-4,7-8,10-13,16H,2,5-6,9,14H2;1H/p-1/b24-20-;. The number of benzene rings is 2. The molecule has 0 unspecified atom stereocenters. The highest BCUT2D eigenvalue weighted by Crippen LogP contribution is 2.46. The number of aryl methyl sites for hydroxylation is 1. The molecule has 2 aliphatic rings. The fourth-order valence-electron chi connectivity index (χ4n) is 4.01. The molecular formula is C24H20Br2N5S-. The van der Waals surface area contributed by atoms with Crippen LogP contribution in [0.2, 0.25) is 0 Å². The third-order valence-corrected chi connectivity index (χ3v) is 7.02. The maximum absolute atomic E-state index is 10.2. The van der Waals surface area contributed by atoms with Crippen LogP contribution < -0.4 is 21.9 Å². The number of para-hydroxylation sites is 1. The molecule has 0 aliphatic carbocycles. The van der Waals surface area contributed by atoms with E-state index in [0.29, 0.717) is 11.4 Å². The predicted octanol–water partition coefficient (Wildman–Crippen LogP) is 3.22. The minimum Gasteiger partial charge on any atom is -1.00 e. The van der Waals surface area contributed by atoms with Crippen LogP contribution >= 0.6 is 27.7 Å². The van der Waals surface area contributed by atoms with Gasteiger partial charge in [0.25, 0.3) is 0 Å². The van der Waals surface area contributed by atoms with Crippen LogP contribution in [0.1, 0.15) is 36.5 Å². The van der Waals surface area contributed by atoms with Crippen molar-refractivity contribution in [3.63, 3.8) is 0 Å². The largest absolute Gasteiger partial charge is 1.00 e. The number of nitrogens with zero attached hydrogens (tertiary/aromatic N) is 5. The van der Waals surface area contributed by atoms with Crippen LogP contribution in [-0.4, -0.2) is 14.8 Å². The fraction of sp³-hybridized carbons (Fsp3) is 0.208. The average molecular weight is 570 g/mol. The maximum Gasteiger partial charge on any atom is 0.177 e. The number of hydrogen-bond donors (Lipinski definition) is 0. The van der Waals surface area contributed by atoms with Gasteiger partial charge in [-0.25, -0.2) is 0 Å². The van der Waals surface area contributed by atoms with Gasteiger partial charge in [0.15, 0.2) is 5.82 Å². The van der Waals surface area contributed by atoms with Crippen molar-refractivity contribution in [1.29, 1.82) is 5.26 Å². The van der Waals surface area contributed by atoms with Gasteiger partial charge in [-0.2, -0.15) is 5.26 Å². The number of nitriles is 1. The molecule has 0 amide bonds. The third kappa shape index (κ3) is 4.29. The molecule has 3 heterocycles. The lowest BCUT2D eigenvalue weighted by molar-refractivity contribution is -0.00000623. The van der Waals surface area contributed by atoms with Crippen molar-refractivity contribution in [2.24, 2.45) is 0 Å². The van der Waals surface area contributed by atoms with Gasteiger partial charge in [0.2, 0.25) is 0 Å². The number of thioether (sulfide) groups is 1. The van der Waals surface area contributed by atoms with Crippen molar-refractivity contribution in [3.8, 4) is 6.07 Å². The van der Waals surface area contributed by atoms with E-state index in [1.165, 1.54) is 6.42 Å². The molecule has 0 atom stereocenters. The highest BCUT2D eigenvalue weighted by Gasteiger charge is 2.30. The molecule has 0 bridgehead atoms. The first-order valence-corrected chi connectivity index (χ1v) is 12.0. The van der Waals surface area contributed by atoms with Crippen LogP contribution in [0, 0.1) is 11.3 Å². The molecule has 2 aliphatic heterocycles. The zero-order chi connectivity index (χ0) is 21.2. The number of allylic oxidation sites excluding steroid dienone is 1. The van der Waals surface area contributed by atoms with Gasteiger partial charge in [-0.1, -0.05) is 64.4 Å². The number of anilines is 1. The Kier molecular flexibility index (Phi) is 7.19. The van der Waals surface area contributed by atoms with Crippen LogP contribution in [0.3, 0.4) is 0 Å². The molecule has 0 saturated heterocycles. The number of rotatable bonds is 3. The fourth-order valence-corrected chi connectivity index (χ4v) is 5.30. The molecule has 1 aromatic heterocycles. The van der Waals surface area contributed by atoms with Crippen molar-refractivity contribution >= 4 is 44.6 Å². The Morgan fingerprint density at radius 1 is 1.00 bits per heavy atom. The van der Waals surface area contributed by atoms with Crippen LogP contribution in [0.4, 0.5) is 5.69 Å². The van der Waals surface area contributed by atoms with E-state index in [2.05, 4.69) is 71.3 Å². The number of aromatic nitrogens is 3. The summed E-state index contributed by atoms with van der Waals surface area (Å²) in [6, 6.07) is 20.9.